The summed E-state index contributed by atoms with van der Waals surface area (Å²) in [4.78, 5) is 0. The fourth-order valence-corrected chi connectivity index (χ4v) is 2.01. The second-order valence-corrected chi connectivity index (χ2v) is 4.72. The second kappa shape index (κ2) is 7.09. The minimum absolute atomic E-state index is 0.124. The highest BCUT2D eigenvalue weighted by Crippen LogP contribution is 2.23. The van der Waals surface area contributed by atoms with E-state index in [0.717, 1.165) is 5.56 Å². The molecule has 21 heavy (non-hydrogen) atoms. The van der Waals surface area contributed by atoms with Gasteiger partial charge in [0, 0.05) is 5.56 Å². The summed E-state index contributed by atoms with van der Waals surface area (Å²) in [6, 6.07) is 12.1. The van der Waals surface area contributed by atoms with E-state index in [1.807, 2.05) is 19.1 Å². The van der Waals surface area contributed by atoms with E-state index in [4.69, 9.17) is 9.47 Å². The predicted octanol–water partition coefficient (Wildman–Crippen LogP) is 3.86. The Balaban J connectivity index is 2.03. The van der Waals surface area contributed by atoms with Crippen molar-refractivity contribution in [1.29, 1.82) is 0 Å². The molecule has 2 aromatic rings. The summed E-state index contributed by atoms with van der Waals surface area (Å²) in [5, 5.41) is 9.72. The Hall–Kier alpha value is -2.07. The van der Waals surface area contributed by atoms with Crippen molar-refractivity contribution >= 4 is 0 Å². The molecule has 112 valence electrons. The maximum atomic E-state index is 14.0. The SMILES string of the molecule is CCC(O)c1ccc(OCc2cccc(OC)c2F)cc1. The van der Waals surface area contributed by atoms with Crippen molar-refractivity contribution < 1.29 is 19.0 Å². The molecule has 0 bridgehead atoms. The van der Waals surface area contributed by atoms with Crippen LogP contribution in [0.3, 0.4) is 0 Å². The van der Waals surface area contributed by atoms with E-state index in [1.54, 1.807) is 30.3 Å². The first-order valence-corrected chi connectivity index (χ1v) is 6.88. The molecular weight excluding hydrogens is 271 g/mol. The molecule has 0 aromatic heterocycles. The summed E-state index contributed by atoms with van der Waals surface area (Å²) in [6.45, 7) is 2.04. The van der Waals surface area contributed by atoms with E-state index in [9.17, 15) is 9.50 Å². The van der Waals surface area contributed by atoms with Gasteiger partial charge >= 0.3 is 0 Å². The van der Waals surface area contributed by atoms with Crippen molar-refractivity contribution in [3.8, 4) is 11.5 Å². The van der Waals surface area contributed by atoms with E-state index in [1.165, 1.54) is 7.11 Å². The van der Waals surface area contributed by atoms with E-state index in [2.05, 4.69) is 0 Å². The Labute approximate surface area is 124 Å². The van der Waals surface area contributed by atoms with Gasteiger partial charge in [0.1, 0.15) is 12.4 Å². The standard InChI is InChI=1S/C17H19FO3/c1-3-15(19)12-7-9-14(10-8-12)21-11-13-5-4-6-16(20-2)17(13)18/h4-10,15,19H,3,11H2,1-2H3. The number of aliphatic hydroxyl groups excluding tert-OH is 1. The van der Waals surface area contributed by atoms with E-state index >= 15 is 0 Å². The van der Waals surface area contributed by atoms with Crippen LogP contribution in [0.2, 0.25) is 0 Å². The lowest BCUT2D eigenvalue weighted by molar-refractivity contribution is 0.173. The first-order valence-electron chi connectivity index (χ1n) is 6.88. The molecule has 2 rings (SSSR count). The zero-order valence-corrected chi connectivity index (χ0v) is 12.2. The fraction of sp³-hybridized carbons (Fsp3) is 0.294. The zero-order chi connectivity index (χ0) is 15.2. The Morgan fingerprint density at radius 1 is 1.14 bits per heavy atom. The van der Waals surface area contributed by atoms with Crippen LogP contribution in [0.15, 0.2) is 42.5 Å². The lowest BCUT2D eigenvalue weighted by atomic mass is 10.1. The maximum absolute atomic E-state index is 14.0. The van der Waals surface area contributed by atoms with Crippen molar-refractivity contribution in [2.45, 2.75) is 26.1 Å². The monoisotopic (exact) mass is 290 g/mol. The van der Waals surface area contributed by atoms with Gasteiger partial charge in [0.2, 0.25) is 0 Å². The van der Waals surface area contributed by atoms with Crippen LogP contribution in [0.1, 0.15) is 30.6 Å². The first kappa shape index (κ1) is 15.3. The molecule has 0 amide bonds. The molecule has 2 aromatic carbocycles. The molecule has 0 saturated carbocycles. The summed E-state index contributed by atoms with van der Waals surface area (Å²) in [5.41, 5.74) is 1.28. The van der Waals surface area contributed by atoms with Crippen molar-refractivity contribution in [3.05, 3.63) is 59.4 Å². The van der Waals surface area contributed by atoms with Crippen molar-refractivity contribution in [3.63, 3.8) is 0 Å². The van der Waals surface area contributed by atoms with Gasteiger partial charge in [-0.05, 0) is 30.2 Å². The van der Waals surface area contributed by atoms with E-state index in [-0.39, 0.29) is 12.4 Å². The third-order valence-corrected chi connectivity index (χ3v) is 3.31. The Kier molecular flexibility index (Phi) is 5.17. The highest BCUT2D eigenvalue weighted by molar-refractivity contribution is 5.32. The quantitative estimate of drug-likeness (QED) is 0.878. The molecule has 3 nitrogen and oxygen atoms in total. The van der Waals surface area contributed by atoms with Gasteiger partial charge in [-0.3, -0.25) is 0 Å². The molecule has 4 heteroatoms. The molecule has 0 aliphatic heterocycles. The highest BCUT2D eigenvalue weighted by Gasteiger charge is 2.09. The number of benzene rings is 2. The van der Waals surface area contributed by atoms with Gasteiger partial charge in [-0.25, -0.2) is 4.39 Å². The molecule has 1 atom stereocenters. The van der Waals surface area contributed by atoms with Gasteiger partial charge in [0.05, 0.1) is 13.2 Å². The molecule has 0 fully saturated rings. The molecular formula is C17H19FO3. The van der Waals surface area contributed by atoms with Gasteiger partial charge in [-0.2, -0.15) is 0 Å². The average Bonchev–Trinajstić information content (AvgIpc) is 2.53. The smallest absolute Gasteiger partial charge is 0.171 e. The average molecular weight is 290 g/mol. The maximum Gasteiger partial charge on any atom is 0.171 e. The molecule has 0 saturated heterocycles. The van der Waals surface area contributed by atoms with E-state index in [0.29, 0.717) is 17.7 Å². The minimum atomic E-state index is -0.463. The number of aliphatic hydroxyl groups is 1. The lowest BCUT2D eigenvalue weighted by Crippen LogP contribution is -2.01. The summed E-state index contributed by atoms with van der Waals surface area (Å²) < 4.78 is 24.5. The van der Waals surface area contributed by atoms with Gasteiger partial charge in [0.15, 0.2) is 11.6 Å². The van der Waals surface area contributed by atoms with E-state index < -0.39 is 11.9 Å². The van der Waals surface area contributed by atoms with Crippen LogP contribution in [0.5, 0.6) is 11.5 Å². The number of hydrogen-bond acceptors (Lipinski definition) is 3. The molecule has 0 heterocycles. The van der Waals surface area contributed by atoms with Crippen LogP contribution >= 0.6 is 0 Å². The largest absolute Gasteiger partial charge is 0.494 e. The van der Waals surface area contributed by atoms with Crippen LogP contribution in [-0.4, -0.2) is 12.2 Å². The Bertz CT molecular complexity index is 581. The molecule has 1 unspecified atom stereocenters. The number of hydrogen-bond donors (Lipinski definition) is 1. The summed E-state index contributed by atoms with van der Waals surface area (Å²) >= 11 is 0. The van der Waals surface area contributed by atoms with Crippen molar-refractivity contribution in [1.82, 2.24) is 0 Å². The number of rotatable bonds is 6. The minimum Gasteiger partial charge on any atom is -0.494 e. The van der Waals surface area contributed by atoms with Gasteiger partial charge in [-0.15, -0.1) is 0 Å². The third kappa shape index (κ3) is 3.73. The molecule has 0 aliphatic rings. The molecule has 0 spiro atoms. The third-order valence-electron chi connectivity index (χ3n) is 3.31. The zero-order valence-electron chi connectivity index (χ0n) is 12.2. The van der Waals surface area contributed by atoms with Crippen molar-refractivity contribution in [2.24, 2.45) is 0 Å². The van der Waals surface area contributed by atoms with Crippen LogP contribution in [0.25, 0.3) is 0 Å². The van der Waals surface area contributed by atoms with Crippen LogP contribution in [-0.2, 0) is 6.61 Å². The van der Waals surface area contributed by atoms with Gasteiger partial charge < -0.3 is 14.6 Å². The normalized spacial score (nSPS) is 12.0. The van der Waals surface area contributed by atoms with Gasteiger partial charge in [0.25, 0.3) is 0 Å². The molecule has 0 radical (unpaired) electrons. The summed E-state index contributed by atoms with van der Waals surface area (Å²) in [7, 11) is 1.43. The summed E-state index contributed by atoms with van der Waals surface area (Å²) in [6.07, 6.45) is 0.199. The number of ether oxygens (including phenoxy) is 2. The van der Waals surface area contributed by atoms with Gasteiger partial charge in [-0.1, -0.05) is 31.2 Å². The lowest BCUT2D eigenvalue weighted by Gasteiger charge is -2.11. The first-order chi connectivity index (χ1) is 10.2. The topological polar surface area (TPSA) is 38.7 Å². The predicted molar refractivity (Wildman–Crippen MR) is 79.0 cm³/mol. The second-order valence-electron chi connectivity index (χ2n) is 4.72. The van der Waals surface area contributed by atoms with Crippen LogP contribution in [0, 0.1) is 5.82 Å². The van der Waals surface area contributed by atoms with Crippen LogP contribution < -0.4 is 9.47 Å². The van der Waals surface area contributed by atoms with Crippen LogP contribution in [0.4, 0.5) is 4.39 Å². The number of halogens is 1. The Morgan fingerprint density at radius 3 is 2.48 bits per heavy atom. The Morgan fingerprint density at radius 2 is 1.86 bits per heavy atom. The summed E-state index contributed by atoms with van der Waals surface area (Å²) in [5.74, 6) is 0.430. The molecule has 0 aliphatic carbocycles. The fourth-order valence-electron chi connectivity index (χ4n) is 2.01. The highest BCUT2D eigenvalue weighted by atomic mass is 19.1. The number of methoxy groups -OCH3 is 1. The van der Waals surface area contributed by atoms with Crippen molar-refractivity contribution in [2.75, 3.05) is 7.11 Å². The molecule has 1 N–H and O–H groups in total.